The Kier molecular flexibility index (Phi) is 3.28. The van der Waals surface area contributed by atoms with Crippen LogP contribution in [0.2, 0.25) is 0 Å². The lowest BCUT2D eigenvalue weighted by Gasteiger charge is -2.08. The van der Waals surface area contributed by atoms with Crippen molar-refractivity contribution in [3.05, 3.63) is 0 Å². The molecule has 0 unspecified atom stereocenters. The minimum Gasteiger partial charge on any atom is -0.369 e. The first-order chi connectivity index (χ1) is 4.04. The molecule has 9 heavy (non-hydrogen) atoms. The van der Waals surface area contributed by atoms with Crippen LogP contribution >= 0.6 is 0 Å². The molecule has 0 saturated carbocycles. The highest BCUT2D eigenvalue weighted by atomic mass is 16.1. The van der Waals surface area contributed by atoms with Crippen LogP contribution in [-0.4, -0.2) is 5.91 Å². The zero-order chi connectivity index (χ0) is 7.44. The number of carbonyl (C=O) groups is 1. The van der Waals surface area contributed by atoms with Crippen molar-refractivity contribution in [3.63, 3.8) is 0 Å². The fraction of sp³-hybridized carbons (Fsp3) is 0.857. The van der Waals surface area contributed by atoms with E-state index in [4.69, 9.17) is 5.73 Å². The van der Waals surface area contributed by atoms with Gasteiger partial charge in [0.25, 0.3) is 0 Å². The van der Waals surface area contributed by atoms with Gasteiger partial charge in [-0.05, 0) is 12.3 Å². The third kappa shape index (κ3) is 4.01. The number of hydrogen-bond donors (Lipinski definition) is 1. The number of carbonyl (C=O) groups excluding carboxylic acids is 1. The van der Waals surface area contributed by atoms with Crippen molar-refractivity contribution < 1.29 is 4.79 Å². The van der Waals surface area contributed by atoms with Gasteiger partial charge in [-0.3, -0.25) is 4.79 Å². The number of primary amides is 1. The Hall–Kier alpha value is -0.530. The van der Waals surface area contributed by atoms with Crippen LogP contribution in [0.15, 0.2) is 0 Å². The molecule has 0 heterocycles. The topological polar surface area (TPSA) is 43.1 Å². The van der Waals surface area contributed by atoms with E-state index < -0.39 is 0 Å². The van der Waals surface area contributed by atoms with Crippen LogP contribution in [0.4, 0.5) is 0 Å². The molecule has 0 radical (unpaired) electrons. The molecule has 0 saturated heterocycles. The molecule has 0 fully saturated rings. The van der Waals surface area contributed by atoms with E-state index in [1.54, 1.807) is 0 Å². The average Bonchev–Trinajstić information content (AvgIpc) is 1.63. The molecule has 0 aromatic heterocycles. The lowest BCUT2D eigenvalue weighted by molar-refractivity contribution is -0.121. The lowest BCUT2D eigenvalue weighted by Crippen LogP contribution is -2.21. The first kappa shape index (κ1) is 8.47. The largest absolute Gasteiger partial charge is 0.369 e. The normalized spacial score (nSPS) is 13.8. The van der Waals surface area contributed by atoms with Gasteiger partial charge in [-0.15, -0.1) is 0 Å². The Labute approximate surface area is 56.4 Å². The monoisotopic (exact) mass is 129 g/mol. The van der Waals surface area contributed by atoms with Gasteiger partial charge in [-0.2, -0.15) is 0 Å². The fourth-order valence-electron chi connectivity index (χ4n) is 0.823. The van der Waals surface area contributed by atoms with E-state index in [1.807, 2.05) is 6.92 Å². The van der Waals surface area contributed by atoms with Crippen LogP contribution in [0.1, 0.15) is 27.2 Å². The molecule has 1 atom stereocenters. The average molecular weight is 129 g/mol. The molecule has 1 amide bonds. The van der Waals surface area contributed by atoms with E-state index in [-0.39, 0.29) is 11.8 Å². The molecule has 2 N–H and O–H groups in total. The summed E-state index contributed by atoms with van der Waals surface area (Å²) in [5.41, 5.74) is 5.05. The van der Waals surface area contributed by atoms with Crippen molar-refractivity contribution >= 4 is 5.91 Å². The third-order valence-electron chi connectivity index (χ3n) is 1.31. The second-order valence-electron chi connectivity index (χ2n) is 2.93. The highest BCUT2D eigenvalue weighted by Gasteiger charge is 2.09. The van der Waals surface area contributed by atoms with Gasteiger partial charge in [-0.25, -0.2) is 0 Å². The standard InChI is InChI=1S/C7H15NO/c1-5(2)4-6(3)7(8)9/h5-6H,4H2,1-3H3,(H2,8,9)/t6-/m0/s1. The maximum absolute atomic E-state index is 10.5. The fourth-order valence-corrected chi connectivity index (χ4v) is 0.823. The van der Waals surface area contributed by atoms with E-state index in [0.29, 0.717) is 5.92 Å². The zero-order valence-electron chi connectivity index (χ0n) is 6.35. The summed E-state index contributed by atoms with van der Waals surface area (Å²) in [6, 6.07) is 0. The van der Waals surface area contributed by atoms with Crippen molar-refractivity contribution in [2.24, 2.45) is 17.6 Å². The third-order valence-corrected chi connectivity index (χ3v) is 1.31. The second-order valence-corrected chi connectivity index (χ2v) is 2.93. The molecule has 0 bridgehead atoms. The van der Waals surface area contributed by atoms with Crippen molar-refractivity contribution in [1.82, 2.24) is 0 Å². The van der Waals surface area contributed by atoms with Crippen LogP contribution < -0.4 is 5.73 Å². The molecule has 2 nitrogen and oxygen atoms in total. The quantitative estimate of drug-likeness (QED) is 0.610. The van der Waals surface area contributed by atoms with Gasteiger partial charge in [0.1, 0.15) is 0 Å². The van der Waals surface area contributed by atoms with Gasteiger partial charge in [0, 0.05) is 5.92 Å². The first-order valence-corrected chi connectivity index (χ1v) is 3.33. The minimum atomic E-state index is -0.191. The highest BCUT2D eigenvalue weighted by molar-refractivity contribution is 5.76. The predicted octanol–water partition coefficient (Wildman–Crippen LogP) is 1.15. The molecular weight excluding hydrogens is 114 g/mol. The number of amides is 1. The molecule has 0 spiro atoms. The molecular formula is C7H15NO. The van der Waals surface area contributed by atoms with Crippen LogP contribution in [0.25, 0.3) is 0 Å². The summed E-state index contributed by atoms with van der Waals surface area (Å²) in [6.45, 7) is 6.03. The second kappa shape index (κ2) is 3.49. The summed E-state index contributed by atoms with van der Waals surface area (Å²) in [4.78, 5) is 10.5. The lowest BCUT2D eigenvalue weighted by atomic mass is 9.99. The van der Waals surface area contributed by atoms with Gasteiger partial charge >= 0.3 is 0 Å². The Morgan fingerprint density at radius 3 is 2.00 bits per heavy atom. The summed E-state index contributed by atoms with van der Waals surface area (Å²) in [5.74, 6) is 0.404. The highest BCUT2D eigenvalue weighted by Crippen LogP contribution is 2.09. The van der Waals surface area contributed by atoms with Gasteiger partial charge in [0.2, 0.25) is 5.91 Å². The first-order valence-electron chi connectivity index (χ1n) is 3.33. The number of nitrogens with two attached hydrogens (primary N) is 1. The summed E-state index contributed by atoms with van der Waals surface area (Å²) in [5, 5.41) is 0. The molecule has 0 aliphatic heterocycles. The Morgan fingerprint density at radius 2 is 1.89 bits per heavy atom. The Bertz CT molecular complexity index is 99.1. The maximum atomic E-state index is 10.5. The van der Waals surface area contributed by atoms with Gasteiger partial charge < -0.3 is 5.73 Å². The molecule has 0 aromatic carbocycles. The predicted molar refractivity (Wildman–Crippen MR) is 37.8 cm³/mol. The summed E-state index contributed by atoms with van der Waals surface area (Å²) in [7, 11) is 0. The van der Waals surface area contributed by atoms with Crippen LogP contribution in [0, 0.1) is 11.8 Å². The molecule has 0 aliphatic rings. The van der Waals surface area contributed by atoms with Crippen molar-refractivity contribution in [1.29, 1.82) is 0 Å². The van der Waals surface area contributed by atoms with E-state index in [2.05, 4.69) is 13.8 Å². The molecule has 0 aromatic rings. The maximum Gasteiger partial charge on any atom is 0.220 e. The molecule has 0 rings (SSSR count). The van der Waals surface area contributed by atoms with Gasteiger partial charge in [0.15, 0.2) is 0 Å². The number of hydrogen-bond acceptors (Lipinski definition) is 1. The Morgan fingerprint density at radius 1 is 1.44 bits per heavy atom. The zero-order valence-corrected chi connectivity index (χ0v) is 6.35. The molecule has 2 heteroatoms. The van der Waals surface area contributed by atoms with E-state index in [0.717, 1.165) is 6.42 Å². The van der Waals surface area contributed by atoms with Crippen molar-refractivity contribution in [3.8, 4) is 0 Å². The SMILES string of the molecule is CC(C)C[C@H](C)C(N)=O. The summed E-state index contributed by atoms with van der Waals surface area (Å²) in [6.07, 6.45) is 0.898. The summed E-state index contributed by atoms with van der Waals surface area (Å²) >= 11 is 0. The van der Waals surface area contributed by atoms with Crippen LogP contribution in [0.5, 0.6) is 0 Å². The van der Waals surface area contributed by atoms with Crippen molar-refractivity contribution in [2.45, 2.75) is 27.2 Å². The van der Waals surface area contributed by atoms with Crippen LogP contribution in [-0.2, 0) is 4.79 Å². The molecule has 54 valence electrons. The number of rotatable bonds is 3. The van der Waals surface area contributed by atoms with Crippen molar-refractivity contribution in [2.75, 3.05) is 0 Å². The van der Waals surface area contributed by atoms with Gasteiger partial charge in [-0.1, -0.05) is 20.8 Å². The Balaban J connectivity index is 3.50. The van der Waals surface area contributed by atoms with Gasteiger partial charge in [0.05, 0.1) is 0 Å². The van der Waals surface area contributed by atoms with E-state index in [9.17, 15) is 4.79 Å². The van der Waals surface area contributed by atoms with Crippen LogP contribution in [0.3, 0.4) is 0 Å². The van der Waals surface area contributed by atoms with E-state index >= 15 is 0 Å². The minimum absolute atomic E-state index is 0.0324. The smallest absolute Gasteiger partial charge is 0.220 e. The summed E-state index contributed by atoms with van der Waals surface area (Å²) < 4.78 is 0. The van der Waals surface area contributed by atoms with E-state index in [1.165, 1.54) is 0 Å². The molecule has 0 aliphatic carbocycles.